The van der Waals surface area contributed by atoms with E-state index < -0.39 is 144 Å². The maximum atomic E-state index is 14.5. The van der Waals surface area contributed by atoms with E-state index in [1.165, 1.54) is 35.0 Å². The number of Topliss-reactive ketones (excluding diaryl/α,β-unsaturated/α-hetero) is 2. The van der Waals surface area contributed by atoms with Crippen molar-refractivity contribution in [3.63, 3.8) is 0 Å². The Labute approximate surface area is 447 Å². The number of hydrogen-bond donors (Lipinski definition) is 7. The van der Waals surface area contributed by atoms with Crippen molar-refractivity contribution < 1.29 is 87.4 Å². The molecule has 22 nitrogen and oxygen atoms in total. The number of aliphatic hydroxyl groups is 4. The highest BCUT2D eigenvalue weighted by molar-refractivity contribution is 6.13. The Morgan fingerprint density at radius 3 is 2.18 bits per heavy atom. The fourth-order valence-electron chi connectivity index (χ4n) is 11.6. The second kappa shape index (κ2) is 26.4. The van der Waals surface area contributed by atoms with E-state index in [1.807, 2.05) is 28.9 Å². The second-order valence-corrected chi connectivity index (χ2v) is 22.2. The van der Waals surface area contributed by atoms with Crippen LogP contribution in [0.25, 0.3) is 0 Å². The number of anilines is 2. The molecule has 3 fully saturated rings. The number of benzene rings is 1. The molecule has 4 aliphatic heterocycles. The molecule has 22 heteroatoms. The van der Waals surface area contributed by atoms with Crippen molar-refractivity contribution in [3.05, 3.63) is 23.8 Å². The van der Waals surface area contributed by atoms with Crippen molar-refractivity contribution in [2.24, 2.45) is 29.6 Å². The number of fused-ring (bicyclic) bond motifs is 1. The minimum atomic E-state index is -2.07. The third kappa shape index (κ3) is 14.3. The number of ether oxygens (including phenoxy) is 8. The number of carbonyl (C=O) groups is 5. The van der Waals surface area contributed by atoms with Gasteiger partial charge in [0.2, 0.25) is 0 Å². The van der Waals surface area contributed by atoms with Crippen molar-refractivity contribution in [1.29, 1.82) is 0 Å². The second-order valence-electron chi connectivity index (χ2n) is 22.2. The zero-order valence-electron chi connectivity index (χ0n) is 47.0. The van der Waals surface area contributed by atoms with E-state index in [9.17, 15) is 49.5 Å². The van der Waals surface area contributed by atoms with Crippen LogP contribution in [0.5, 0.6) is 0 Å². The van der Waals surface area contributed by atoms with Gasteiger partial charge in [0.1, 0.15) is 35.1 Å². The first-order valence-electron chi connectivity index (χ1n) is 26.8. The zero-order chi connectivity index (χ0) is 56.8. The molecule has 1 aromatic rings. The van der Waals surface area contributed by atoms with Gasteiger partial charge < -0.3 is 83.9 Å². The molecular formula is C54H88N4O18. The van der Waals surface area contributed by atoms with Gasteiger partial charge in [-0.05, 0) is 86.7 Å². The highest BCUT2D eigenvalue weighted by atomic mass is 16.8. The Morgan fingerprint density at radius 2 is 1.58 bits per heavy atom. The summed E-state index contributed by atoms with van der Waals surface area (Å²) < 4.78 is 49.8. The summed E-state index contributed by atoms with van der Waals surface area (Å²) in [5.41, 5.74) is -3.49. The molecule has 0 aliphatic carbocycles. The number of methoxy groups -OCH3 is 2. The summed E-state index contributed by atoms with van der Waals surface area (Å²) in [5.74, 6) is -8.75. The first kappa shape index (κ1) is 62.9. The average Bonchev–Trinajstić information content (AvgIpc) is 3.37. The number of nitrogens with one attached hydrogen (secondary N) is 2. The molecule has 3 unspecified atom stereocenters. The lowest BCUT2D eigenvalue weighted by atomic mass is 9.74. The summed E-state index contributed by atoms with van der Waals surface area (Å²) in [7, 11) is 6.51. The third-order valence-electron chi connectivity index (χ3n) is 16.2. The van der Waals surface area contributed by atoms with Gasteiger partial charge in [0, 0.05) is 101 Å². The lowest BCUT2D eigenvalue weighted by Crippen LogP contribution is -2.61. The number of hydrogen-bond acceptors (Lipinski definition) is 21. The minimum Gasteiger partial charge on any atom is -0.481 e. The summed E-state index contributed by atoms with van der Waals surface area (Å²) in [6.07, 6.45) is -11.7. The Bertz CT molecular complexity index is 2150. The normalized spacial score (nSPS) is 39.0. The fraction of sp³-hybridized carbons (Fsp3) is 0.796. The number of nitrogens with zero attached hydrogens (tertiary/aromatic N) is 2. The number of carboxylic acids is 1. The molecule has 0 amide bonds. The van der Waals surface area contributed by atoms with Gasteiger partial charge in [0.25, 0.3) is 0 Å². The lowest BCUT2D eigenvalue weighted by Gasteiger charge is -2.49. The summed E-state index contributed by atoms with van der Waals surface area (Å²) in [6, 6.07) is 4.81. The van der Waals surface area contributed by atoms with E-state index in [0.29, 0.717) is 43.0 Å². The van der Waals surface area contributed by atoms with E-state index in [4.69, 9.17) is 37.9 Å². The average molecular weight is 1080 g/mol. The van der Waals surface area contributed by atoms with Gasteiger partial charge in [-0.25, -0.2) is 0 Å². The standard InChI is InChI=1S/C54H88N4O18/c1-15-38-54(10,68)46(63)29(4)42(60)28(3)25-52(8,67)47(76-51-44(62)37(57(11)12)24-40(69-13)75-51)30(5)45(31(6)50(66)72-38)74-41-26-53(9,70-14)48(32(7)71-41)73-39(59)19-20-55-21-22-56-33-17-18-36-34(23-33)43(61)35(49(64)65)27-58(36)16-2/h17-18,23,28-32,35,37-38,40-41,44-48,51,55-56,62-63,67-68H,15-16,19-22,24-27H2,1-14H3,(H,64,65)/t28-,29+,30+,31-,32+,35?,37+,38-,40+,41?,44-,45+,46+,47-,48+,51?,52-,53-,54-/m1/s1. The van der Waals surface area contributed by atoms with Gasteiger partial charge in [-0.2, -0.15) is 0 Å². The van der Waals surface area contributed by atoms with Crippen LogP contribution in [-0.2, 0) is 57.1 Å². The fourth-order valence-corrected chi connectivity index (χ4v) is 11.6. The van der Waals surface area contributed by atoms with Crippen LogP contribution < -0.4 is 15.5 Å². The van der Waals surface area contributed by atoms with E-state index >= 15 is 0 Å². The molecule has 19 atom stereocenters. The van der Waals surface area contributed by atoms with E-state index in [1.54, 1.807) is 61.7 Å². The van der Waals surface area contributed by atoms with Crippen molar-refractivity contribution in [2.45, 2.75) is 186 Å². The third-order valence-corrected chi connectivity index (χ3v) is 16.2. The van der Waals surface area contributed by atoms with Crippen molar-refractivity contribution in [1.82, 2.24) is 10.2 Å². The summed E-state index contributed by atoms with van der Waals surface area (Å²) in [6.45, 7) is 18.0. The zero-order valence-corrected chi connectivity index (χ0v) is 47.0. The smallest absolute Gasteiger partial charge is 0.316 e. The number of aliphatic carboxylic acids is 1. The number of cyclic esters (lactones) is 1. The van der Waals surface area contributed by atoms with Gasteiger partial charge >= 0.3 is 17.9 Å². The monoisotopic (exact) mass is 1080 g/mol. The van der Waals surface area contributed by atoms with Crippen LogP contribution in [0, 0.1) is 29.6 Å². The van der Waals surface area contributed by atoms with Crippen LogP contribution in [0.15, 0.2) is 18.2 Å². The lowest BCUT2D eigenvalue weighted by molar-refractivity contribution is -0.340. The Hall–Kier alpha value is -3.91. The molecule has 0 radical (unpaired) electrons. The Kier molecular flexibility index (Phi) is 21.8. The van der Waals surface area contributed by atoms with E-state index in [2.05, 4.69) is 10.6 Å². The number of aliphatic hydroxyl groups excluding tert-OH is 2. The van der Waals surface area contributed by atoms with Crippen molar-refractivity contribution in [3.8, 4) is 0 Å². The number of likely N-dealkylation sites (N-methyl/N-ethyl adjacent to an activating group) is 1. The molecule has 4 aliphatic rings. The molecular weight excluding hydrogens is 993 g/mol. The topological polar surface area (TPSA) is 291 Å². The number of carboxylic acid groups (broad SMARTS) is 1. The van der Waals surface area contributed by atoms with Gasteiger partial charge in [0.05, 0.1) is 42.4 Å². The van der Waals surface area contributed by atoms with Crippen LogP contribution in [0.4, 0.5) is 11.4 Å². The Morgan fingerprint density at radius 1 is 0.895 bits per heavy atom. The van der Waals surface area contributed by atoms with Crippen LogP contribution in [0.2, 0.25) is 0 Å². The highest BCUT2D eigenvalue weighted by Gasteiger charge is 2.55. The van der Waals surface area contributed by atoms with Crippen LogP contribution in [-0.4, -0.2) is 205 Å². The van der Waals surface area contributed by atoms with Gasteiger partial charge in [0.15, 0.2) is 30.8 Å². The van der Waals surface area contributed by atoms with E-state index in [-0.39, 0.29) is 38.8 Å². The quantitative estimate of drug-likeness (QED) is 0.0632. The highest BCUT2D eigenvalue weighted by Crippen LogP contribution is 2.42. The number of rotatable bonds is 18. The van der Waals surface area contributed by atoms with Crippen molar-refractivity contribution >= 4 is 40.8 Å². The molecule has 4 heterocycles. The molecule has 0 spiro atoms. The molecule has 0 aromatic heterocycles. The van der Waals surface area contributed by atoms with Crippen LogP contribution in [0.3, 0.4) is 0 Å². The van der Waals surface area contributed by atoms with Crippen LogP contribution in [0.1, 0.15) is 112 Å². The summed E-state index contributed by atoms with van der Waals surface area (Å²) >= 11 is 0. The molecule has 432 valence electrons. The van der Waals surface area contributed by atoms with Crippen LogP contribution >= 0.6 is 0 Å². The molecule has 5 rings (SSSR count). The molecule has 76 heavy (non-hydrogen) atoms. The van der Waals surface area contributed by atoms with E-state index in [0.717, 1.165) is 0 Å². The first-order valence-corrected chi connectivity index (χ1v) is 26.8. The molecule has 0 saturated carbocycles. The number of esters is 2. The molecule has 0 bridgehead atoms. The van der Waals surface area contributed by atoms with Gasteiger partial charge in [-0.1, -0.05) is 27.7 Å². The van der Waals surface area contributed by atoms with Gasteiger partial charge in [-0.3, -0.25) is 24.0 Å². The maximum Gasteiger partial charge on any atom is 0.316 e. The minimum absolute atomic E-state index is 0.00807. The maximum absolute atomic E-state index is 14.5. The molecule has 1 aromatic carbocycles. The largest absolute Gasteiger partial charge is 0.481 e. The molecule has 3 saturated heterocycles. The number of carbonyl (C=O) groups excluding carboxylic acids is 4. The first-order chi connectivity index (χ1) is 35.6. The predicted octanol–water partition coefficient (Wildman–Crippen LogP) is 2.74. The van der Waals surface area contributed by atoms with Gasteiger partial charge in [-0.15, -0.1) is 0 Å². The molecule has 7 N–H and O–H groups in total. The van der Waals surface area contributed by atoms with Crippen molar-refractivity contribution in [2.75, 3.05) is 71.3 Å². The Balaban J connectivity index is 1.33. The summed E-state index contributed by atoms with van der Waals surface area (Å²) in [5, 5.41) is 63.8. The SMILES string of the molecule is CC[C@H]1OC(=O)[C@H](C)[C@@H](OC2C[C@@](C)(OC)[C@@H](OC(=O)CCNCCNc3ccc4c(c3)C(=O)C(C(=O)O)CN4CC)[C@H](C)O2)[C@H](C)[C@@H](OC2O[C@H](OC)C[C@H](N(C)C)[C@H]2O)[C@](C)(O)C[C@@H](C)C(=O)[C@H](C)[C@H](O)[C@]1(C)O. The predicted molar refractivity (Wildman–Crippen MR) is 277 cm³/mol. The number of ketones is 2. The summed E-state index contributed by atoms with van der Waals surface area (Å²) in [4.78, 5) is 70.5.